The van der Waals surface area contributed by atoms with E-state index in [4.69, 9.17) is 4.74 Å². The number of unbranched alkanes of at least 4 members (excludes halogenated alkanes) is 1. The molecule has 2 aromatic rings. The molecule has 5 heteroatoms. The summed E-state index contributed by atoms with van der Waals surface area (Å²) < 4.78 is 5.04. The predicted molar refractivity (Wildman–Crippen MR) is 106 cm³/mol. The fourth-order valence-electron chi connectivity index (χ4n) is 3.75. The second kappa shape index (κ2) is 9.00. The molecule has 2 atom stereocenters. The number of carbonyl (C=O) groups excluding carboxylic acids is 2. The first kappa shape index (κ1) is 19.4. The third kappa shape index (κ3) is 4.48. The molecule has 1 saturated heterocycles. The third-order valence-electron chi connectivity index (χ3n) is 5.26. The van der Waals surface area contributed by atoms with Gasteiger partial charge in [-0.1, -0.05) is 62.2 Å². The quantitative estimate of drug-likeness (QED) is 0.764. The second-order valence-electron chi connectivity index (χ2n) is 7.11. The van der Waals surface area contributed by atoms with Crippen molar-refractivity contribution in [3.63, 3.8) is 0 Å². The fraction of sp³-hybridized carbons (Fsp3) is 0.455. The SMILES string of the molecule is CCCCC1NCCN(C(Cc2ccc3ccccc3c2)C(=O)OC)C1=O. The molecule has 0 radical (unpaired) electrons. The molecule has 27 heavy (non-hydrogen) atoms. The molecule has 2 aromatic carbocycles. The van der Waals surface area contributed by atoms with Gasteiger partial charge in [-0.15, -0.1) is 0 Å². The van der Waals surface area contributed by atoms with Crippen molar-refractivity contribution in [2.75, 3.05) is 20.2 Å². The highest BCUT2D eigenvalue weighted by atomic mass is 16.5. The van der Waals surface area contributed by atoms with Gasteiger partial charge in [0.15, 0.2) is 0 Å². The maximum atomic E-state index is 13.0. The van der Waals surface area contributed by atoms with Crippen LogP contribution < -0.4 is 5.32 Å². The van der Waals surface area contributed by atoms with Crippen LogP contribution in [-0.4, -0.2) is 49.1 Å². The highest BCUT2D eigenvalue weighted by Crippen LogP contribution is 2.20. The summed E-state index contributed by atoms with van der Waals surface area (Å²) in [6.45, 7) is 3.34. The molecule has 0 spiro atoms. The van der Waals surface area contributed by atoms with Crippen LogP contribution in [0.2, 0.25) is 0 Å². The van der Waals surface area contributed by atoms with E-state index < -0.39 is 6.04 Å². The second-order valence-corrected chi connectivity index (χ2v) is 7.11. The maximum absolute atomic E-state index is 13.0. The molecule has 2 unspecified atom stereocenters. The first-order valence-corrected chi connectivity index (χ1v) is 9.73. The van der Waals surface area contributed by atoms with Crippen LogP contribution in [0, 0.1) is 0 Å². The standard InChI is InChI=1S/C22H28N2O3/c1-3-4-9-19-21(25)24(13-12-23-19)20(22(26)27-2)15-16-10-11-17-7-5-6-8-18(17)14-16/h5-8,10-11,14,19-20,23H,3-4,9,12-13,15H2,1-2H3. The van der Waals surface area contributed by atoms with Crippen LogP contribution in [0.15, 0.2) is 42.5 Å². The number of nitrogens with zero attached hydrogens (tertiary/aromatic N) is 1. The lowest BCUT2D eigenvalue weighted by Gasteiger charge is -2.37. The van der Waals surface area contributed by atoms with Crippen LogP contribution in [0.25, 0.3) is 10.8 Å². The van der Waals surface area contributed by atoms with Crippen LogP contribution in [0.4, 0.5) is 0 Å². The molecule has 1 N–H and O–H groups in total. The van der Waals surface area contributed by atoms with Crippen molar-refractivity contribution in [1.29, 1.82) is 0 Å². The van der Waals surface area contributed by atoms with Gasteiger partial charge in [0.1, 0.15) is 6.04 Å². The Bertz CT molecular complexity index is 805. The van der Waals surface area contributed by atoms with Gasteiger partial charge in [-0.05, 0) is 22.8 Å². The molecule has 1 amide bonds. The molecule has 5 nitrogen and oxygen atoms in total. The van der Waals surface area contributed by atoms with Gasteiger partial charge in [-0.3, -0.25) is 4.79 Å². The van der Waals surface area contributed by atoms with Gasteiger partial charge in [-0.25, -0.2) is 4.79 Å². The van der Waals surface area contributed by atoms with Crippen molar-refractivity contribution in [3.8, 4) is 0 Å². The molecular weight excluding hydrogens is 340 g/mol. The molecule has 144 valence electrons. The number of amides is 1. The van der Waals surface area contributed by atoms with Crippen LogP contribution in [0.3, 0.4) is 0 Å². The van der Waals surface area contributed by atoms with E-state index in [0.717, 1.165) is 35.6 Å². The summed E-state index contributed by atoms with van der Waals surface area (Å²) in [5.74, 6) is -0.349. The summed E-state index contributed by atoms with van der Waals surface area (Å²) in [7, 11) is 1.39. The number of piperazine rings is 1. The number of hydrogen-bond donors (Lipinski definition) is 1. The zero-order valence-corrected chi connectivity index (χ0v) is 16.1. The topological polar surface area (TPSA) is 58.6 Å². The fourth-order valence-corrected chi connectivity index (χ4v) is 3.75. The molecule has 3 rings (SSSR count). The molecule has 1 aliphatic heterocycles. The summed E-state index contributed by atoms with van der Waals surface area (Å²) in [6.07, 6.45) is 3.30. The van der Waals surface area contributed by atoms with Crippen LogP contribution in [-0.2, 0) is 20.7 Å². The zero-order valence-electron chi connectivity index (χ0n) is 16.1. The Morgan fingerprint density at radius 2 is 2.04 bits per heavy atom. The lowest BCUT2D eigenvalue weighted by molar-refractivity contribution is -0.155. The van der Waals surface area contributed by atoms with Crippen molar-refractivity contribution < 1.29 is 14.3 Å². The van der Waals surface area contributed by atoms with Crippen molar-refractivity contribution in [2.45, 2.75) is 44.7 Å². The van der Waals surface area contributed by atoms with E-state index in [2.05, 4.69) is 36.5 Å². The van der Waals surface area contributed by atoms with Crippen molar-refractivity contribution >= 4 is 22.6 Å². The van der Waals surface area contributed by atoms with Gasteiger partial charge >= 0.3 is 5.97 Å². The zero-order chi connectivity index (χ0) is 19.2. The van der Waals surface area contributed by atoms with Crippen LogP contribution >= 0.6 is 0 Å². The highest BCUT2D eigenvalue weighted by molar-refractivity contribution is 5.89. The summed E-state index contributed by atoms with van der Waals surface area (Å²) >= 11 is 0. The van der Waals surface area contributed by atoms with Gasteiger partial charge in [0.25, 0.3) is 0 Å². The Hall–Kier alpha value is -2.40. The summed E-state index contributed by atoms with van der Waals surface area (Å²) in [5, 5.41) is 5.58. The first-order valence-electron chi connectivity index (χ1n) is 9.73. The minimum absolute atomic E-state index is 0.00545. The Labute approximate surface area is 160 Å². The summed E-state index contributed by atoms with van der Waals surface area (Å²) in [6, 6.07) is 13.5. The number of esters is 1. The lowest BCUT2D eigenvalue weighted by atomic mass is 9.98. The van der Waals surface area contributed by atoms with Gasteiger partial charge < -0.3 is 15.0 Å². The van der Waals surface area contributed by atoms with E-state index in [9.17, 15) is 9.59 Å². The van der Waals surface area contributed by atoms with E-state index in [1.807, 2.05) is 18.2 Å². The number of hydrogen-bond acceptors (Lipinski definition) is 4. The molecule has 0 bridgehead atoms. The van der Waals surface area contributed by atoms with Gasteiger partial charge in [0.05, 0.1) is 13.2 Å². The predicted octanol–water partition coefficient (Wildman–Crippen LogP) is 2.91. The van der Waals surface area contributed by atoms with Crippen LogP contribution in [0.5, 0.6) is 0 Å². The Morgan fingerprint density at radius 3 is 2.78 bits per heavy atom. The van der Waals surface area contributed by atoms with Gasteiger partial charge in [0, 0.05) is 19.5 Å². The Kier molecular flexibility index (Phi) is 6.45. The molecule has 1 aliphatic rings. The number of ether oxygens (including phenoxy) is 1. The average Bonchev–Trinajstić information content (AvgIpc) is 2.71. The van der Waals surface area contributed by atoms with Crippen molar-refractivity contribution in [2.24, 2.45) is 0 Å². The number of fused-ring (bicyclic) bond motifs is 1. The number of carbonyl (C=O) groups is 2. The highest BCUT2D eigenvalue weighted by Gasteiger charge is 2.36. The first-order chi connectivity index (χ1) is 13.1. The van der Waals surface area contributed by atoms with Crippen molar-refractivity contribution in [1.82, 2.24) is 10.2 Å². The molecule has 1 fully saturated rings. The van der Waals surface area contributed by atoms with E-state index >= 15 is 0 Å². The molecule has 0 aromatic heterocycles. The van der Waals surface area contributed by atoms with Crippen LogP contribution in [0.1, 0.15) is 31.7 Å². The molecule has 1 heterocycles. The Morgan fingerprint density at radius 1 is 1.26 bits per heavy atom. The van der Waals surface area contributed by atoms with E-state index in [-0.39, 0.29) is 17.9 Å². The minimum Gasteiger partial charge on any atom is -0.467 e. The molecule has 0 aliphatic carbocycles. The van der Waals surface area contributed by atoms with E-state index in [0.29, 0.717) is 19.5 Å². The third-order valence-corrected chi connectivity index (χ3v) is 5.26. The average molecular weight is 368 g/mol. The lowest BCUT2D eigenvalue weighted by Crippen LogP contribution is -2.60. The number of benzene rings is 2. The Balaban J connectivity index is 1.82. The number of nitrogens with one attached hydrogen (secondary N) is 1. The van der Waals surface area contributed by atoms with E-state index in [1.165, 1.54) is 7.11 Å². The van der Waals surface area contributed by atoms with E-state index in [1.54, 1.807) is 4.90 Å². The maximum Gasteiger partial charge on any atom is 0.328 e. The largest absolute Gasteiger partial charge is 0.467 e. The smallest absolute Gasteiger partial charge is 0.328 e. The molecule has 0 saturated carbocycles. The van der Waals surface area contributed by atoms with Gasteiger partial charge in [-0.2, -0.15) is 0 Å². The minimum atomic E-state index is -0.588. The normalized spacial score (nSPS) is 18.5. The number of methoxy groups -OCH3 is 1. The molecular formula is C22H28N2O3. The van der Waals surface area contributed by atoms with Crippen molar-refractivity contribution in [3.05, 3.63) is 48.0 Å². The monoisotopic (exact) mass is 368 g/mol. The number of rotatable bonds is 7. The van der Waals surface area contributed by atoms with Gasteiger partial charge in [0.2, 0.25) is 5.91 Å². The summed E-state index contributed by atoms with van der Waals surface area (Å²) in [4.78, 5) is 27.2. The summed E-state index contributed by atoms with van der Waals surface area (Å²) in [5.41, 5.74) is 1.03.